The van der Waals surface area contributed by atoms with Gasteiger partial charge in [-0.1, -0.05) is 18.2 Å². The summed E-state index contributed by atoms with van der Waals surface area (Å²) in [6.45, 7) is 3.01. The molecule has 2 fully saturated rings. The van der Waals surface area contributed by atoms with Gasteiger partial charge in [-0.2, -0.15) is 0 Å². The second-order valence-electron chi connectivity index (χ2n) is 12.6. The van der Waals surface area contributed by atoms with Gasteiger partial charge in [0.25, 0.3) is 0 Å². The van der Waals surface area contributed by atoms with E-state index in [-0.39, 0.29) is 59.7 Å². The van der Waals surface area contributed by atoms with Crippen LogP contribution >= 0.6 is 0 Å². The van der Waals surface area contributed by atoms with Gasteiger partial charge in [-0.25, -0.2) is 31.9 Å². The number of esters is 1. The summed E-state index contributed by atoms with van der Waals surface area (Å²) in [5.41, 5.74) is 6.91. The van der Waals surface area contributed by atoms with Crippen LogP contribution in [0.4, 0.5) is 38.5 Å². The monoisotopic (exact) mass is 779 g/mol. The van der Waals surface area contributed by atoms with Crippen molar-refractivity contribution in [2.24, 2.45) is 5.73 Å². The molecular formula is C40H41F4N5O7. The van der Waals surface area contributed by atoms with Crippen molar-refractivity contribution in [1.82, 2.24) is 9.80 Å². The zero-order chi connectivity index (χ0) is 40.2. The van der Waals surface area contributed by atoms with Gasteiger partial charge in [-0.15, -0.1) is 0 Å². The van der Waals surface area contributed by atoms with Gasteiger partial charge >= 0.3 is 18.0 Å². The second-order valence-corrected chi connectivity index (χ2v) is 12.6. The molecule has 2 N–H and O–H groups in total. The third-order valence-corrected chi connectivity index (χ3v) is 8.99. The maximum atomic E-state index is 14.6. The molecule has 12 nitrogen and oxygen atoms in total. The summed E-state index contributed by atoms with van der Waals surface area (Å²) in [6, 6.07) is 18.2. The molecule has 56 heavy (non-hydrogen) atoms. The Labute approximate surface area is 320 Å². The summed E-state index contributed by atoms with van der Waals surface area (Å²) in [5, 5.41) is 0. The van der Waals surface area contributed by atoms with Gasteiger partial charge in [0.2, 0.25) is 0 Å². The van der Waals surface area contributed by atoms with E-state index in [1.807, 2.05) is 0 Å². The minimum atomic E-state index is -0.648. The van der Waals surface area contributed by atoms with Crippen LogP contribution in [0.25, 0.3) is 0 Å². The van der Waals surface area contributed by atoms with Gasteiger partial charge in [0, 0.05) is 54.2 Å². The number of carbonyl (C=O) groups is 4. The molecule has 16 heteroatoms. The highest BCUT2D eigenvalue weighted by atomic mass is 19.1. The maximum absolute atomic E-state index is 14.6. The number of nitrogens with two attached hydrogens (primary N) is 1. The quantitative estimate of drug-likeness (QED) is 0.129. The van der Waals surface area contributed by atoms with Crippen molar-refractivity contribution in [3.8, 4) is 0 Å². The first-order valence-corrected chi connectivity index (χ1v) is 17.7. The molecule has 0 spiro atoms. The van der Waals surface area contributed by atoms with Crippen molar-refractivity contribution in [3.05, 3.63) is 130 Å². The van der Waals surface area contributed by atoms with E-state index in [1.165, 1.54) is 89.7 Å². The van der Waals surface area contributed by atoms with Gasteiger partial charge in [0.05, 0.1) is 58.7 Å². The number of rotatable bonds is 9. The molecule has 4 amide bonds. The van der Waals surface area contributed by atoms with Crippen molar-refractivity contribution in [1.29, 1.82) is 0 Å². The van der Waals surface area contributed by atoms with Crippen molar-refractivity contribution >= 4 is 35.2 Å². The van der Waals surface area contributed by atoms with Crippen LogP contribution < -0.4 is 15.5 Å². The summed E-state index contributed by atoms with van der Waals surface area (Å²) < 4.78 is 70.9. The first-order chi connectivity index (χ1) is 27.0. The predicted molar refractivity (Wildman–Crippen MR) is 198 cm³/mol. The van der Waals surface area contributed by atoms with Crippen LogP contribution in [0.1, 0.15) is 31.8 Å². The number of morpholine rings is 2. The molecule has 0 unspecified atom stereocenters. The Morgan fingerprint density at radius 3 is 1.39 bits per heavy atom. The van der Waals surface area contributed by atoms with Crippen LogP contribution in [0.5, 0.6) is 0 Å². The topological polar surface area (TPSA) is 135 Å². The predicted octanol–water partition coefficient (Wildman–Crippen LogP) is 5.78. The summed E-state index contributed by atoms with van der Waals surface area (Å²) >= 11 is 0. The molecule has 0 radical (unpaired) electrons. The Kier molecular flexibility index (Phi) is 14.5. The molecule has 0 aromatic heterocycles. The van der Waals surface area contributed by atoms with E-state index in [4.69, 9.17) is 15.2 Å². The summed E-state index contributed by atoms with van der Waals surface area (Å²) in [5.74, 6) is -3.13. The van der Waals surface area contributed by atoms with E-state index in [0.29, 0.717) is 64.0 Å². The summed E-state index contributed by atoms with van der Waals surface area (Å²) in [6.07, 6.45) is 0. The summed E-state index contributed by atoms with van der Waals surface area (Å²) in [7, 11) is 1.21. The van der Waals surface area contributed by atoms with Crippen molar-refractivity contribution in [3.63, 3.8) is 0 Å². The van der Waals surface area contributed by atoms with E-state index in [2.05, 4.69) is 4.74 Å². The first kappa shape index (κ1) is 41.3. The lowest BCUT2D eigenvalue weighted by atomic mass is 10.1. The smallest absolute Gasteiger partial charge is 0.337 e. The molecule has 0 bridgehead atoms. The number of carbonyl (C=O) groups excluding carboxylic acids is 4. The fraction of sp³-hybridized carbons (Fsp3) is 0.300. The zero-order valence-corrected chi connectivity index (χ0v) is 30.6. The van der Waals surface area contributed by atoms with Crippen LogP contribution in [0.15, 0.2) is 84.9 Å². The molecule has 2 aliphatic heterocycles. The third kappa shape index (κ3) is 10.7. The minimum absolute atomic E-state index is 0.0647. The van der Waals surface area contributed by atoms with Gasteiger partial charge < -0.3 is 29.7 Å². The number of hydrogen-bond acceptors (Lipinski definition) is 8. The van der Waals surface area contributed by atoms with Crippen LogP contribution in [-0.2, 0) is 27.3 Å². The van der Waals surface area contributed by atoms with E-state index in [1.54, 1.807) is 9.80 Å². The third-order valence-electron chi connectivity index (χ3n) is 8.99. The van der Waals surface area contributed by atoms with E-state index < -0.39 is 29.2 Å². The molecule has 0 atom stereocenters. The van der Waals surface area contributed by atoms with Gasteiger partial charge in [0.1, 0.15) is 23.3 Å². The highest BCUT2D eigenvalue weighted by molar-refractivity contribution is 5.97. The Morgan fingerprint density at radius 1 is 0.625 bits per heavy atom. The van der Waals surface area contributed by atoms with Gasteiger partial charge in [0.15, 0.2) is 5.78 Å². The average Bonchev–Trinajstić information content (AvgIpc) is 3.23. The number of amides is 4. The maximum Gasteiger partial charge on any atom is 0.337 e. The number of halogens is 4. The van der Waals surface area contributed by atoms with Crippen LogP contribution in [-0.4, -0.2) is 99.9 Å². The van der Waals surface area contributed by atoms with Crippen molar-refractivity contribution in [2.45, 2.75) is 13.1 Å². The number of hydrogen-bond donors (Lipinski definition) is 1. The highest BCUT2D eigenvalue weighted by Crippen LogP contribution is 2.24. The molecule has 6 rings (SSSR count). The molecule has 2 saturated heterocycles. The number of anilines is 2. The Morgan fingerprint density at radius 2 is 1.02 bits per heavy atom. The SMILES string of the molecule is COC(=O)c1ccc(CN(C(=O)N2CCOCC2)c2ccc(F)cc2)c(F)c1.NCC(=O)c1ccc(CN(C(=O)N2CCOCC2)c2ccc(F)cc2)c(F)c1. The van der Waals surface area contributed by atoms with Crippen molar-refractivity contribution < 1.29 is 51.0 Å². The molecule has 296 valence electrons. The van der Waals surface area contributed by atoms with Crippen LogP contribution in [0.2, 0.25) is 0 Å². The molecule has 4 aromatic carbocycles. The standard InChI is InChI=1S/C20H21F2N3O3.C20H20F2N2O4/c21-16-3-5-17(6-4-16)25(20(27)24-7-9-28-10-8-24)13-15-2-1-14(11-18(15)22)19(26)12-23;1-27-19(25)14-2-3-15(18(22)12-14)13-24(17-6-4-16(21)5-7-17)20(26)23-8-10-28-11-9-23/h1-6,11H,7-10,12-13,23H2;2-7,12H,8-11,13H2,1H3. The number of urea groups is 2. The summed E-state index contributed by atoms with van der Waals surface area (Å²) in [4.78, 5) is 55.2. The fourth-order valence-electron chi connectivity index (χ4n) is 5.86. The highest BCUT2D eigenvalue weighted by Gasteiger charge is 2.27. The molecule has 0 saturated carbocycles. The zero-order valence-electron chi connectivity index (χ0n) is 30.6. The van der Waals surface area contributed by atoms with E-state index in [9.17, 15) is 36.7 Å². The Balaban J connectivity index is 0.000000214. The normalized spacial score (nSPS) is 14.0. The number of ether oxygens (including phenoxy) is 3. The molecule has 2 heterocycles. The molecule has 0 aliphatic carbocycles. The number of benzene rings is 4. The minimum Gasteiger partial charge on any atom is -0.465 e. The lowest BCUT2D eigenvalue weighted by Gasteiger charge is -2.33. The second kappa shape index (κ2) is 19.7. The number of methoxy groups -OCH3 is 1. The Bertz CT molecular complexity index is 1850. The lowest BCUT2D eigenvalue weighted by molar-refractivity contribution is 0.0548. The van der Waals surface area contributed by atoms with Gasteiger partial charge in [-0.3, -0.25) is 14.6 Å². The van der Waals surface area contributed by atoms with Crippen molar-refractivity contribution in [2.75, 3.05) is 76.1 Å². The molecule has 4 aromatic rings. The van der Waals surface area contributed by atoms with E-state index >= 15 is 0 Å². The average molecular weight is 780 g/mol. The fourth-order valence-corrected chi connectivity index (χ4v) is 5.86. The molecular weight excluding hydrogens is 738 g/mol. The Hall–Kier alpha value is -5.84. The van der Waals surface area contributed by atoms with E-state index in [0.717, 1.165) is 12.1 Å². The van der Waals surface area contributed by atoms with Crippen LogP contribution in [0, 0.1) is 23.3 Å². The lowest BCUT2D eigenvalue weighted by Crippen LogP contribution is -2.48. The number of ketones is 1. The largest absolute Gasteiger partial charge is 0.465 e. The van der Waals surface area contributed by atoms with Crippen LogP contribution in [0.3, 0.4) is 0 Å². The number of Topliss-reactive ketones (excluding diaryl/α,β-unsaturated/α-hetero) is 1. The first-order valence-electron chi connectivity index (χ1n) is 17.7. The van der Waals surface area contributed by atoms with Gasteiger partial charge in [-0.05, 0) is 66.7 Å². The molecule has 2 aliphatic rings. The number of nitrogens with zero attached hydrogens (tertiary/aromatic N) is 4.